The van der Waals surface area contributed by atoms with Gasteiger partial charge >= 0.3 is 0 Å². The number of ether oxygens (including phenoxy) is 2. The van der Waals surface area contributed by atoms with Gasteiger partial charge in [0.05, 0.1) is 17.9 Å². The zero-order valence-electron chi connectivity index (χ0n) is 19.8. The van der Waals surface area contributed by atoms with E-state index >= 15 is 0 Å². The minimum absolute atomic E-state index is 0.00492. The van der Waals surface area contributed by atoms with E-state index in [4.69, 9.17) is 9.47 Å². The maximum absolute atomic E-state index is 12.5. The molecule has 0 radical (unpaired) electrons. The van der Waals surface area contributed by atoms with Crippen LogP contribution in [0, 0.1) is 34.5 Å². The van der Waals surface area contributed by atoms with Gasteiger partial charge in [-0.25, -0.2) is 0 Å². The highest BCUT2D eigenvalue weighted by atomic mass is 16.8. The van der Waals surface area contributed by atoms with E-state index < -0.39 is 11.4 Å². The van der Waals surface area contributed by atoms with Crippen molar-refractivity contribution in [2.24, 2.45) is 34.5 Å². The molecule has 1 N–H and O–H groups in total. The van der Waals surface area contributed by atoms with Crippen LogP contribution in [0.5, 0.6) is 0 Å². The number of carbonyl (C=O) groups excluding carboxylic acids is 1. The number of aromatic nitrogens is 1. The quantitative estimate of drug-likeness (QED) is 0.691. The van der Waals surface area contributed by atoms with Crippen LogP contribution in [-0.4, -0.2) is 33.9 Å². The highest BCUT2D eigenvalue weighted by Gasteiger charge is 2.71. The van der Waals surface area contributed by atoms with Gasteiger partial charge in [-0.3, -0.25) is 9.78 Å². The third-order valence-electron chi connectivity index (χ3n) is 10.6. The average molecular weight is 440 g/mol. The van der Waals surface area contributed by atoms with Gasteiger partial charge in [0.15, 0.2) is 5.79 Å². The Balaban J connectivity index is 1.44. The van der Waals surface area contributed by atoms with Crippen LogP contribution in [0.4, 0.5) is 0 Å². The Bertz CT molecular complexity index is 933. The molecule has 5 nitrogen and oxygen atoms in total. The van der Waals surface area contributed by atoms with Gasteiger partial charge in [0.1, 0.15) is 11.4 Å². The normalized spacial score (nSPS) is 51.5. The van der Waals surface area contributed by atoms with Crippen LogP contribution >= 0.6 is 0 Å². The summed E-state index contributed by atoms with van der Waals surface area (Å²) >= 11 is 0. The van der Waals surface area contributed by atoms with Crippen molar-refractivity contribution in [3.63, 3.8) is 0 Å². The second kappa shape index (κ2) is 6.64. The predicted molar refractivity (Wildman–Crippen MR) is 119 cm³/mol. The van der Waals surface area contributed by atoms with Gasteiger partial charge in [-0.05, 0) is 81.3 Å². The van der Waals surface area contributed by atoms with Crippen molar-refractivity contribution in [2.75, 3.05) is 0 Å². The van der Waals surface area contributed by atoms with Crippen molar-refractivity contribution in [3.05, 3.63) is 30.1 Å². The van der Waals surface area contributed by atoms with Crippen molar-refractivity contribution in [3.8, 4) is 0 Å². The van der Waals surface area contributed by atoms with E-state index in [1.165, 1.54) is 0 Å². The Morgan fingerprint density at radius 1 is 0.969 bits per heavy atom. The molecule has 5 heteroatoms. The molecule has 2 heterocycles. The molecule has 1 aliphatic heterocycles. The fourth-order valence-corrected chi connectivity index (χ4v) is 9.02. The van der Waals surface area contributed by atoms with E-state index in [0.29, 0.717) is 36.4 Å². The lowest BCUT2D eigenvalue weighted by molar-refractivity contribution is -0.200. The largest absolute Gasteiger partial charge is 0.383 e. The highest BCUT2D eigenvalue weighted by molar-refractivity contribution is 5.79. The molecule has 1 aromatic rings. The zero-order valence-corrected chi connectivity index (χ0v) is 19.8. The summed E-state index contributed by atoms with van der Waals surface area (Å²) in [5.74, 6) is 1.18. The Morgan fingerprint density at radius 2 is 1.72 bits per heavy atom. The number of nitrogens with zero attached hydrogens (tertiary/aromatic N) is 1. The fourth-order valence-electron chi connectivity index (χ4n) is 9.02. The Kier molecular flexibility index (Phi) is 4.41. The van der Waals surface area contributed by atoms with Crippen molar-refractivity contribution in [1.82, 2.24) is 4.98 Å². The summed E-state index contributed by atoms with van der Waals surface area (Å²) in [6.45, 7) is 8.76. The third-order valence-corrected chi connectivity index (χ3v) is 10.6. The Morgan fingerprint density at radius 3 is 2.47 bits per heavy atom. The number of aliphatic hydroxyl groups is 1. The first kappa shape index (κ1) is 21.2. The molecule has 6 rings (SSSR count). The van der Waals surface area contributed by atoms with E-state index in [1.54, 1.807) is 6.20 Å². The van der Waals surface area contributed by atoms with Crippen molar-refractivity contribution < 1.29 is 19.4 Å². The lowest BCUT2D eigenvalue weighted by Crippen LogP contribution is -2.64. The Hall–Kier alpha value is -1.30. The number of Topliss-reactive ketones (excluding diaryl/α,β-unsaturated/α-hetero) is 1. The standard InChI is InChI=1S/C27H37NO4/c1-24(2)31-22-19-15-16(29)8-11-25(19,3)17-9-12-26(4)18(21(17)23(22)32-24)10-13-27(26,30)20-7-5-6-14-28-20/h5-7,14,17-19,21-23,30H,8-13,15H2,1-4H3/t17-,18-,19+,21+,22+,23+,25+,26-,27+/m0/s1. The van der Waals surface area contributed by atoms with Crippen LogP contribution in [0.3, 0.4) is 0 Å². The molecule has 4 aliphatic carbocycles. The zero-order chi connectivity index (χ0) is 22.5. The summed E-state index contributed by atoms with van der Waals surface area (Å²) in [5, 5.41) is 12.1. The molecule has 0 amide bonds. The highest BCUT2D eigenvalue weighted by Crippen LogP contribution is 2.71. The lowest BCUT2D eigenvalue weighted by Gasteiger charge is -2.63. The van der Waals surface area contributed by atoms with Crippen molar-refractivity contribution >= 4 is 5.78 Å². The minimum Gasteiger partial charge on any atom is -0.383 e. The molecule has 1 saturated heterocycles. The summed E-state index contributed by atoms with van der Waals surface area (Å²) in [7, 11) is 0. The first-order chi connectivity index (χ1) is 15.1. The van der Waals surface area contributed by atoms with Crippen LogP contribution < -0.4 is 0 Å². The molecule has 0 spiro atoms. The SMILES string of the molecule is CC1(C)O[C@H]2[C@H](O1)[C@H]1CC(=O)CC[C@]1(C)[C@H]1CC[C@@]3(C)[C@@H](CC[C@@]3(O)c3ccccn3)[C@H]21. The predicted octanol–water partition coefficient (Wildman–Crippen LogP) is 4.62. The molecule has 32 heavy (non-hydrogen) atoms. The number of fused-ring (bicyclic) bond motifs is 8. The third kappa shape index (κ3) is 2.62. The number of ketones is 1. The number of hydrogen-bond acceptors (Lipinski definition) is 5. The van der Waals surface area contributed by atoms with Gasteiger partial charge in [-0.15, -0.1) is 0 Å². The van der Waals surface area contributed by atoms with Crippen LogP contribution in [0.2, 0.25) is 0 Å². The molecular weight excluding hydrogens is 402 g/mol. The smallest absolute Gasteiger partial charge is 0.163 e. The van der Waals surface area contributed by atoms with Gasteiger partial charge in [0.25, 0.3) is 0 Å². The van der Waals surface area contributed by atoms with Crippen LogP contribution in [0.1, 0.15) is 78.3 Å². The first-order valence-corrected chi connectivity index (χ1v) is 12.6. The molecule has 174 valence electrons. The summed E-state index contributed by atoms with van der Waals surface area (Å²) in [4.78, 5) is 17.1. The Labute approximate surface area is 191 Å². The van der Waals surface area contributed by atoms with E-state index in [9.17, 15) is 9.90 Å². The summed E-state index contributed by atoms with van der Waals surface area (Å²) in [6, 6.07) is 5.90. The van der Waals surface area contributed by atoms with E-state index in [1.807, 2.05) is 32.0 Å². The van der Waals surface area contributed by atoms with Crippen molar-refractivity contribution in [2.45, 2.75) is 96.2 Å². The molecule has 5 fully saturated rings. The van der Waals surface area contributed by atoms with Gasteiger partial charge in [-0.2, -0.15) is 0 Å². The van der Waals surface area contributed by atoms with E-state index in [2.05, 4.69) is 18.8 Å². The maximum atomic E-state index is 12.5. The van der Waals surface area contributed by atoms with E-state index in [-0.39, 0.29) is 29.0 Å². The van der Waals surface area contributed by atoms with Gasteiger partial charge in [0, 0.05) is 30.4 Å². The number of rotatable bonds is 1. The summed E-state index contributed by atoms with van der Waals surface area (Å²) < 4.78 is 13.2. The summed E-state index contributed by atoms with van der Waals surface area (Å²) in [6.07, 6.45) is 7.82. The van der Waals surface area contributed by atoms with Gasteiger partial charge in [-0.1, -0.05) is 19.9 Å². The monoisotopic (exact) mass is 439 g/mol. The molecule has 0 bridgehead atoms. The molecule has 4 saturated carbocycles. The minimum atomic E-state index is -0.908. The number of carbonyl (C=O) groups is 1. The van der Waals surface area contributed by atoms with E-state index in [0.717, 1.165) is 37.8 Å². The molecular formula is C27H37NO4. The molecule has 0 unspecified atom stereocenters. The molecule has 1 aromatic heterocycles. The second-order valence-electron chi connectivity index (χ2n) is 12.3. The fraction of sp³-hybridized carbons (Fsp3) is 0.778. The number of pyridine rings is 1. The molecule has 5 aliphatic rings. The first-order valence-electron chi connectivity index (χ1n) is 12.6. The van der Waals surface area contributed by atoms with Crippen LogP contribution in [0.15, 0.2) is 24.4 Å². The molecule has 0 aromatic carbocycles. The van der Waals surface area contributed by atoms with Crippen molar-refractivity contribution in [1.29, 1.82) is 0 Å². The second-order valence-corrected chi connectivity index (χ2v) is 12.3. The van der Waals surface area contributed by atoms with Crippen LogP contribution in [-0.2, 0) is 19.9 Å². The number of hydrogen-bond donors (Lipinski definition) is 1. The average Bonchev–Trinajstić information content (AvgIpc) is 3.23. The summed E-state index contributed by atoms with van der Waals surface area (Å²) in [5.41, 5.74) is -0.241. The lowest BCUT2D eigenvalue weighted by atomic mass is 9.43. The van der Waals surface area contributed by atoms with Crippen LogP contribution in [0.25, 0.3) is 0 Å². The molecule has 9 atom stereocenters. The topological polar surface area (TPSA) is 68.7 Å². The van der Waals surface area contributed by atoms with Gasteiger partial charge < -0.3 is 14.6 Å². The van der Waals surface area contributed by atoms with Gasteiger partial charge in [0.2, 0.25) is 0 Å². The maximum Gasteiger partial charge on any atom is 0.163 e.